The van der Waals surface area contributed by atoms with Crippen LogP contribution in [0.2, 0.25) is 0 Å². The molecule has 3 saturated heterocycles. The van der Waals surface area contributed by atoms with Gasteiger partial charge in [-0.1, -0.05) is 38.8 Å². The number of alkyl halides is 1. The third kappa shape index (κ3) is 7.89. The molecule has 1 aromatic carbocycles. The summed E-state index contributed by atoms with van der Waals surface area (Å²) in [5, 5.41) is 8.68. The number of piperidine rings is 3. The van der Waals surface area contributed by atoms with Gasteiger partial charge in [0.25, 0.3) is 5.91 Å². The molecule has 3 atom stereocenters. The number of unbranched alkanes of at least 4 members (excludes halogenated alkanes) is 1. The average Bonchev–Trinajstić information content (AvgIpc) is 3.27. The van der Waals surface area contributed by atoms with Crippen molar-refractivity contribution in [1.29, 1.82) is 0 Å². The monoisotopic (exact) mass is 558 g/mol. The van der Waals surface area contributed by atoms with Gasteiger partial charge in [0.05, 0.1) is 12.2 Å². The molecule has 3 amide bonds. The molecule has 4 fully saturated rings. The van der Waals surface area contributed by atoms with Gasteiger partial charge in [0.1, 0.15) is 12.2 Å². The Hall–Kier alpha value is -2.36. The van der Waals surface area contributed by atoms with Crippen LogP contribution in [0.3, 0.4) is 0 Å². The zero-order valence-corrected chi connectivity index (χ0v) is 24.2. The molecule has 4 heterocycles. The minimum atomic E-state index is -0.935. The van der Waals surface area contributed by atoms with Crippen molar-refractivity contribution < 1.29 is 23.5 Å². The van der Waals surface area contributed by atoms with Crippen LogP contribution < -0.4 is 16.0 Å². The molecule has 0 bridgehead atoms. The van der Waals surface area contributed by atoms with E-state index in [9.17, 15) is 18.8 Å². The van der Waals surface area contributed by atoms with Crippen molar-refractivity contribution in [2.45, 2.75) is 115 Å². The third-order valence-electron chi connectivity index (χ3n) is 8.61. The fourth-order valence-electron chi connectivity index (χ4n) is 5.73. The summed E-state index contributed by atoms with van der Waals surface area (Å²) in [6.07, 6.45) is 10.6. The second-order valence-electron chi connectivity index (χ2n) is 11.6. The summed E-state index contributed by atoms with van der Waals surface area (Å²) in [5.41, 5.74) is 2.31. The minimum Gasteiger partial charge on any atom is -0.375 e. The molecular formula is C31H47FN4O4. The Labute approximate surface area is 238 Å². The van der Waals surface area contributed by atoms with Crippen LogP contribution in [0.5, 0.6) is 0 Å². The van der Waals surface area contributed by atoms with Gasteiger partial charge in [0, 0.05) is 31.0 Å². The maximum atomic E-state index is 14.2. The van der Waals surface area contributed by atoms with Crippen molar-refractivity contribution in [2.75, 3.05) is 26.2 Å². The van der Waals surface area contributed by atoms with E-state index in [4.69, 9.17) is 4.74 Å². The predicted molar refractivity (Wildman–Crippen MR) is 153 cm³/mol. The summed E-state index contributed by atoms with van der Waals surface area (Å²) >= 11 is 0. The molecule has 40 heavy (non-hydrogen) atoms. The van der Waals surface area contributed by atoms with Crippen molar-refractivity contribution in [3.05, 3.63) is 34.9 Å². The smallest absolute Gasteiger partial charge is 0.255 e. The molecule has 4 aliphatic heterocycles. The van der Waals surface area contributed by atoms with Crippen LogP contribution in [0.15, 0.2) is 18.2 Å². The van der Waals surface area contributed by atoms with Crippen LogP contribution in [-0.2, 0) is 20.9 Å². The topological polar surface area (TPSA) is 99.8 Å². The highest BCUT2D eigenvalue weighted by atomic mass is 19.1. The Balaban J connectivity index is 0.000000203. The number of ether oxygens (including phenoxy) is 1. The summed E-state index contributed by atoms with van der Waals surface area (Å²) in [7, 11) is 0. The van der Waals surface area contributed by atoms with E-state index in [-0.39, 0.29) is 24.2 Å². The van der Waals surface area contributed by atoms with Crippen LogP contribution >= 0.6 is 0 Å². The van der Waals surface area contributed by atoms with Gasteiger partial charge in [0.2, 0.25) is 11.8 Å². The van der Waals surface area contributed by atoms with E-state index in [0.717, 1.165) is 37.2 Å². The SMILES string of the molecule is C1CC(OC2CCNCC2)C1.CCCC.O=C1CCC(N2Cc3cc(C4CCNCC4F)ccc3C2=O)C(=O)N1. The normalized spacial score (nSPS) is 27.0. The lowest BCUT2D eigenvalue weighted by Gasteiger charge is -2.32. The van der Waals surface area contributed by atoms with Crippen LogP contribution in [0.4, 0.5) is 4.39 Å². The van der Waals surface area contributed by atoms with Gasteiger partial charge in [-0.05, 0) is 81.8 Å². The molecule has 1 saturated carbocycles. The Morgan fingerprint density at radius 3 is 2.25 bits per heavy atom. The van der Waals surface area contributed by atoms with Gasteiger partial charge in [-0.2, -0.15) is 0 Å². The van der Waals surface area contributed by atoms with Gasteiger partial charge < -0.3 is 20.3 Å². The lowest BCUT2D eigenvalue weighted by atomic mass is 9.87. The van der Waals surface area contributed by atoms with E-state index in [1.54, 1.807) is 6.07 Å². The van der Waals surface area contributed by atoms with E-state index in [0.29, 0.717) is 37.3 Å². The zero-order valence-electron chi connectivity index (χ0n) is 24.2. The standard InChI is InChI=1S/C18H20FN3O3.C9H17NO.C4H10/c19-14-8-20-6-5-12(14)10-1-2-13-11(7-10)9-22(18(13)25)15-3-4-16(23)21-17(15)24;1-2-8(3-1)11-9-4-6-10-7-5-9;1-3-4-2/h1-2,7,12,14-15,20H,3-6,8-9H2,(H,21,23,24);8-10H,1-7H2;3-4H2,1-2H3. The zero-order chi connectivity index (χ0) is 28.5. The highest BCUT2D eigenvalue weighted by Crippen LogP contribution is 2.33. The first-order chi connectivity index (χ1) is 19.4. The predicted octanol–water partition coefficient (Wildman–Crippen LogP) is 3.98. The maximum Gasteiger partial charge on any atom is 0.255 e. The van der Waals surface area contributed by atoms with E-state index < -0.39 is 18.1 Å². The summed E-state index contributed by atoms with van der Waals surface area (Å²) in [6, 6.07) is 4.86. The number of nitrogens with one attached hydrogen (secondary N) is 3. The fraction of sp³-hybridized carbons (Fsp3) is 0.710. The number of benzene rings is 1. The molecule has 9 heteroatoms. The number of rotatable bonds is 5. The summed E-state index contributed by atoms with van der Waals surface area (Å²) < 4.78 is 20.1. The second kappa shape index (κ2) is 15.0. The summed E-state index contributed by atoms with van der Waals surface area (Å²) in [5.74, 6) is -1.07. The number of hydrogen-bond acceptors (Lipinski definition) is 6. The van der Waals surface area contributed by atoms with E-state index in [2.05, 4.69) is 29.8 Å². The van der Waals surface area contributed by atoms with E-state index in [1.165, 1.54) is 49.8 Å². The van der Waals surface area contributed by atoms with Crippen molar-refractivity contribution in [1.82, 2.24) is 20.9 Å². The first kappa shape index (κ1) is 30.6. The van der Waals surface area contributed by atoms with E-state index >= 15 is 0 Å². The molecule has 1 aliphatic carbocycles. The number of fused-ring (bicyclic) bond motifs is 1. The van der Waals surface area contributed by atoms with Gasteiger partial charge in [-0.3, -0.25) is 19.7 Å². The first-order valence-corrected chi connectivity index (χ1v) is 15.4. The molecule has 3 unspecified atom stereocenters. The van der Waals surface area contributed by atoms with Crippen molar-refractivity contribution in [3.8, 4) is 0 Å². The fourth-order valence-corrected chi connectivity index (χ4v) is 5.73. The Bertz CT molecular complexity index is 1010. The quantitative estimate of drug-likeness (QED) is 0.473. The van der Waals surface area contributed by atoms with Gasteiger partial charge in [-0.15, -0.1) is 0 Å². The van der Waals surface area contributed by atoms with Crippen molar-refractivity contribution >= 4 is 17.7 Å². The molecule has 0 radical (unpaired) electrons. The summed E-state index contributed by atoms with van der Waals surface area (Å²) in [6.45, 7) is 8.12. The van der Waals surface area contributed by atoms with Crippen molar-refractivity contribution in [2.24, 2.45) is 0 Å². The van der Waals surface area contributed by atoms with Gasteiger partial charge in [0.15, 0.2) is 0 Å². The van der Waals surface area contributed by atoms with E-state index in [1.807, 2.05) is 12.1 Å². The largest absolute Gasteiger partial charge is 0.375 e. The molecule has 0 aromatic heterocycles. The number of imide groups is 1. The third-order valence-corrected chi connectivity index (χ3v) is 8.61. The molecule has 5 aliphatic rings. The van der Waals surface area contributed by atoms with Crippen molar-refractivity contribution in [3.63, 3.8) is 0 Å². The molecule has 0 spiro atoms. The van der Waals surface area contributed by atoms with Crippen LogP contribution in [0.25, 0.3) is 0 Å². The Kier molecular flexibility index (Phi) is 11.5. The molecular weight excluding hydrogens is 511 g/mol. The Morgan fingerprint density at radius 1 is 0.925 bits per heavy atom. The lowest BCUT2D eigenvalue weighted by molar-refractivity contribution is -0.136. The highest BCUT2D eigenvalue weighted by molar-refractivity contribution is 6.05. The lowest BCUT2D eigenvalue weighted by Crippen LogP contribution is -2.52. The Morgan fingerprint density at radius 2 is 1.62 bits per heavy atom. The van der Waals surface area contributed by atoms with Crippen LogP contribution in [0.1, 0.15) is 105 Å². The minimum absolute atomic E-state index is 0.161. The number of carbonyl (C=O) groups is 3. The van der Waals surface area contributed by atoms with Gasteiger partial charge in [-0.25, -0.2) is 4.39 Å². The van der Waals surface area contributed by atoms with Crippen LogP contribution in [0, 0.1) is 0 Å². The first-order valence-electron chi connectivity index (χ1n) is 15.4. The molecule has 3 N–H and O–H groups in total. The number of halogens is 1. The summed E-state index contributed by atoms with van der Waals surface area (Å²) in [4.78, 5) is 37.5. The average molecular weight is 559 g/mol. The molecule has 8 nitrogen and oxygen atoms in total. The molecule has 222 valence electrons. The molecule has 6 rings (SSSR count). The second-order valence-corrected chi connectivity index (χ2v) is 11.6. The number of nitrogens with zero attached hydrogens (tertiary/aromatic N) is 1. The number of amides is 3. The molecule has 1 aromatic rings. The van der Waals surface area contributed by atoms with Gasteiger partial charge >= 0.3 is 0 Å². The number of carbonyl (C=O) groups excluding carboxylic acids is 3. The number of hydrogen-bond donors (Lipinski definition) is 3. The maximum absolute atomic E-state index is 14.2. The highest BCUT2D eigenvalue weighted by Gasteiger charge is 2.39. The van der Waals surface area contributed by atoms with Crippen LogP contribution in [-0.4, -0.2) is 73.2 Å².